The molecule has 0 aliphatic heterocycles. The third-order valence-electron chi connectivity index (χ3n) is 1.23. The van der Waals surface area contributed by atoms with Gasteiger partial charge >= 0.3 is 0 Å². The Labute approximate surface area is 56.9 Å². The molecule has 0 spiro atoms. The lowest BCUT2D eigenvalue weighted by Gasteiger charge is -1.85. The molecular formula is C6H5N3O. The van der Waals surface area contributed by atoms with Crippen LogP contribution in [0.3, 0.4) is 0 Å². The summed E-state index contributed by atoms with van der Waals surface area (Å²) in [5.74, 6) is 0.698. The Morgan fingerprint density at radius 2 is 2.30 bits per heavy atom. The number of rotatable bonds is 0. The zero-order valence-electron chi connectivity index (χ0n) is 5.40. The van der Waals surface area contributed by atoms with Crippen molar-refractivity contribution in [3.8, 4) is 0 Å². The van der Waals surface area contributed by atoms with E-state index in [0.717, 1.165) is 5.39 Å². The molecule has 0 fully saturated rings. The molecule has 0 radical (unpaired) electrons. The van der Waals surface area contributed by atoms with Crippen LogP contribution < -0.4 is 0 Å². The van der Waals surface area contributed by atoms with Gasteiger partial charge in [0.1, 0.15) is 5.82 Å². The normalized spacial score (nSPS) is 10.5. The van der Waals surface area contributed by atoms with Gasteiger partial charge in [-0.3, -0.25) is 0 Å². The number of nitrogens with zero attached hydrogens (tertiary/aromatic N) is 3. The van der Waals surface area contributed by atoms with Crippen molar-refractivity contribution in [3.63, 3.8) is 0 Å². The molecule has 0 aromatic carbocycles. The van der Waals surface area contributed by atoms with Crippen LogP contribution in [0.2, 0.25) is 0 Å². The van der Waals surface area contributed by atoms with E-state index in [9.17, 15) is 0 Å². The maximum absolute atomic E-state index is 4.80. The van der Waals surface area contributed by atoms with Crippen molar-refractivity contribution in [2.24, 2.45) is 0 Å². The largest absolute Gasteiger partial charge is 0.336 e. The minimum atomic E-state index is 0.549. The van der Waals surface area contributed by atoms with Gasteiger partial charge in [0.2, 0.25) is 0 Å². The van der Waals surface area contributed by atoms with Gasteiger partial charge in [-0.05, 0) is 6.92 Å². The van der Waals surface area contributed by atoms with Gasteiger partial charge in [0.05, 0.1) is 11.6 Å². The predicted octanol–water partition coefficient (Wildman–Crippen LogP) is 0.926. The Bertz CT molecular complexity index is 355. The molecule has 0 atom stereocenters. The van der Waals surface area contributed by atoms with E-state index in [-0.39, 0.29) is 0 Å². The first kappa shape index (κ1) is 5.34. The summed E-state index contributed by atoms with van der Waals surface area (Å²) in [5, 5.41) is 4.40. The lowest BCUT2D eigenvalue weighted by Crippen LogP contribution is -1.83. The Morgan fingerprint density at radius 1 is 1.40 bits per heavy atom. The Morgan fingerprint density at radius 3 is 3.20 bits per heavy atom. The Hall–Kier alpha value is -1.45. The van der Waals surface area contributed by atoms with E-state index in [1.165, 1.54) is 0 Å². The number of aryl methyl sites for hydroxylation is 1. The van der Waals surface area contributed by atoms with Crippen LogP contribution >= 0.6 is 0 Å². The molecule has 0 amide bonds. The van der Waals surface area contributed by atoms with Crippen LogP contribution in [-0.2, 0) is 0 Å². The molecule has 0 unspecified atom stereocenters. The highest BCUT2D eigenvalue weighted by atomic mass is 16.5. The lowest BCUT2D eigenvalue weighted by atomic mass is 10.4. The highest BCUT2D eigenvalue weighted by molar-refractivity contribution is 5.69. The maximum atomic E-state index is 4.80. The Kier molecular flexibility index (Phi) is 0.943. The van der Waals surface area contributed by atoms with Crippen molar-refractivity contribution >= 4 is 11.1 Å². The summed E-state index contributed by atoms with van der Waals surface area (Å²) in [6.07, 6.45) is 3.28. The van der Waals surface area contributed by atoms with Crippen LogP contribution in [0, 0.1) is 6.92 Å². The van der Waals surface area contributed by atoms with Crippen LogP contribution in [0.5, 0.6) is 0 Å². The summed E-state index contributed by atoms with van der Waals surface area (Å²) < 4.78 is 4.80. The zero-order chi connectivity index (χ0) is 6.97. The first-order chi connectivity index (χ1) is 4.86. The van der Waals surface area contributed by atoms with Gasteiger partial charge in [0, 0.05) is 6.20 Å². The maximum Gasteiger partial charge on any atom is 0.260 e. The van der Waals surface area contributed by atoms with Crippen molar-refractivity contribution < 1.29 is 4.52 Å². The number of hydrogen-bond donors (Lipinski definition) is 0. The van der Waals surface area contributed by atoms with Crippen molar-refractivity contribution in [2.45, 2.75) is 6.92 Å². The van der Waals surface area contributed by atoms with E-state index >= 15 is 0 Å². The Balaban J connectivity index is 2.86. The average Bonchev–Trinajstić information content (AvgIpc) is 2.33. The second-order valence-electron chi connectivity index (χ2n) is 2.00. The number of hydrogen-bond acceptors (Lipinski definition) is 4. The summed E-state index contributed by atoms with van der Waals surface area (Å²) in [4.78, 5) is 7.96. The molecule has 2 heterocycles. The molecule has 0 N–H and O–H groups in total. The summed E-state index contributed by atoms with van der Waals surface area (Å²) in [7, 11) is 0. The van der Waals surface area contributed by atoms with E-state index in [4.69, 9.17) is 4.52 Å². The van der Waals surface area contributed by atoms with Crippen LogP contribution in [0.1, 0.15) is 5.82 Å². The second kappa shape index (κ2) is 1.76. The molecule has 2 aromatic rings. The van der Waals surface area contributed by atoms with E-state index < -0.39 is 0 Å². The predicted molar refractivity (Wildman–Crippen MR) is 34.3 cm³/mol. The molecule has 50 valence electrons. The van der Waals surface area contributed by atoms with Gasteiger partial charge in [-0.15, -0.1) is 0 Å². The van der Waals surface area contributed by atoms with Crippen molar-refractivity contribution in [1.29, 1.82) is 0 Å². The van der Waals surface area contributed by atoms with Crippen molar-refractivity contribution in [3.05, 3.63) is 18.2 Å². The van der Waals surface area contributed by atoms with Crippen LogP contribution in [0.15, 0.2) is 16.9 Å². The monoisotopic (exact) mass is 135 g/mol. The molecule has 4 heteroatoms. The van der Waals surface area contributed by atoms with Gasteiger partial charge in [-0.25, -0.2) is 4.98 Å². The first-order valence-corrected chi connectivity index (χ1v) is 2.90. The fourth-order valence-corrected chi connectivity index (χ4v) is 0.753. The quantitative estimate of drug-likeness (QED) is 0.539. The van der Waals surface area contributed by atoms with Crippen molar-refractivity contribution in [1.82, 2.24) is 15.1 Å². The average molecular weight is 135 g/mol. The smallest absolute Gasteiger partial charge is 0.260 e. The molecule has 4 nitrogen and oxygen atoms in total. The minimum Gasteiger partial charge on any atom is -0.336 e. The van der Waals surface area contributed by atoms with Crippen LogP contribution in [0.4, 0.5) is 0 Å². The van der Waals surface area contributed by atoms with E-state index in [1.54, 1.807) is 12.4 Å². The topological polar surface area (TPSA) is 51.8 Å². The summed E-state index contributed by atoms with van der Waals surface area (Å²) >= 11 is 0. The van der Waals surface area contributed by atoms with Gasteiger partial charge in [0.25, 0.3) is 5.71 Å². The van der Waals surface area contributed by atoms with Gasteiger partial charge in [-0.1, -0.05) is 5.16 Å². The number of fused-ring (bicyclic) bond motifs is 1. The van der Waals surface area contributed by atoms with Gasteiger partial charge in [-0.2, -0.15) is 4.98 Å². The molecule has 0 saturated carbocycles. The third kappa shape index (κ3) is 0.655. The summed E-state index contributed by atoms with van der Waals surface area (Å²) in [6, 6.07) is 0. The summed E-state index contributed by atoms with van der Waals surface area (Å²) in [6.45, 7) is 1.81. The van der Waals surface area contributed by atoms with Gasteiger partial charge in [0.15, 0.2) is 0 Å². The molecule has 2 rings (SSSR count). The van der Waals surface area contributed by atoms with Crippen LogP contribution in [-0.4, -0.2) is 15.1 Å². The molecule has 0 saturated heterocycles. The van der Waals surface area contributed by atoms with Gasteiger partial charge < -0.3 is 4.52 Å². The third-order valence-corrected chi connectivity index (χ3v) is 1.23. The minimum absolute atomic E-state index is 0.549. The molecule has 2 aromatic heterocycles. The van der Waals surface area contributed by atoms with E-state index in [0.29, 0.717) is 11.5 Å². The number of aromatic nitrogens is 3. The molecule has 0 aliphatic carbocycles. The fourth-order valence-electron chi connectivity index (χ4n) is 0.753. The SMILES string of the molecule is Cc1ncc2cnoc2n1. The highest BCUT2D eigenvalue weighted by Gasteiger charge is 1.98. The lowest BCUT2D eigenvalue weighted by molar-refractivity contribution is 0.448. The molecular weight excluding hydrogens is 130 g/mol. The molecule has 0 aliphatic rings. The standard InChI is InChI=1S/C6H5N3O/c1-4-7-2-5-3-8-10-6(5)9-4/h2-3H,1H3. The molecule has 0 bridgehead atoms. The van der Waals surface area contributed by atoms with Crippen LogP contribution in [0.25, 0.3) is 11.1 Å². The fraction of sp³-hybridized carbons (Fsp3) is 0.167. The first-order valence-electron chi connectivity index (χ1n) is 2.90. The molecule has 10 heavy (non-hydrogen) atoms. The van der Waals surface area contributed by atoms with Crippen molar-refractivity contribution in [2.75, 3.05) is 0 Å². The van der Waals surface area contributed by atoms with E-state index in [2.05, 4.69) is 15.1 Å². The zero-order valence-corrected chi connectivity index (χ0v) is 5.40. The summed E-state index contributed by atoms with van der Waals surface area (Å²) in [5.41, 5.74) is 0.549. The second-order valence-corrected chi connectivity index (χ2v) is 2.00. The van der Waals surface area contributed by atoms with E-state index in [1.807, 2.05) is 6.92 Å². The highest BCUT2D eigenvalue weighted by Crippen LogP contribution is 2.07.